The number of ether oxygens (including phenoxy) is 1. The average molecular weight is 603 g/mol. The van der Waals surface area contributed by atoms with Crippen LogP contribution in [0.4, 0.5) is 5.13 Å². The second-order valence-electron chi connectivity index (χ2n) is 7.72. The molecule has 1 saturated heterocycles. The molecule has 4 heterocycles. The predicted molar refractivity (Wildman–Crippen MR) is 134 cm³/mol. The number of hydrogen-bond acceptors (Lipinski definition) is 13. The number of thioether (sulfide) groups is 1. The maximum Gasteiger partial charge on any atom is 0.356 e. The highest BCUT2D eigenvalue weighted by Crippen LogP contribution is 2.35. The zero-order chi connectivity index (χ0) is 28.9. The number of oxime groups is 1. The molecular weight excluding hydrogens is 580 g/mol. The highest BCUT2D eigenvalue weighted by atomic mass is 32.3. The van der Waals surface area contributed by atoms with Gasteiger partial charge in [0.05, 0.1) is 5.75 Å². The fourth-order valence-corrected chi connectivity index (χ4v) is 4.88. The monoisotopic (exact) mass is 602 g/mol. The van der Waals surface area contributed by atoms with Crippen molar-refractivity contribution in [3.05, 3.63) is 47.1 Å². The summed E-state index contributed by atoms with van der Waals surface area (Å²) in [6.07, 6.45) is 3.75. The van der Waals surface area contributed by atoms with Gasteiger partial charge in [-0.2, -0.15) is 0 Å². The average Bonchev–Trinajstić information content (AvgIpc) is 3.29. The fraction of sp³-hybridized carbons (Fsp3) is 0.300. The van der Waals surface area contributed by atoms with Crippen molar-refractivity contribution in [1.29, 1.82) is 0 Å². The van der Waals surface area contributed by atoms with E-state index in [-0.39, 0.29) is 40.4 Å². The normalized spacial score (nSPS) is 18.7. The standard InChI is InChI=1S/C20H20N6O6S2.H2O4S/c1-25-5-3-10(4-6-25)33-9-13-16(19(29)30)26-12(7-32-13)15(18(26)28)23-17(27)14(24-31-2)11-8-34-20(21)22-11;1-5(2,3)4/h3-6,8,12,15H,7,9H2,1-2H3,(H3-,21,22,23,27,29,30);(H2,1,2,3,4)/b24-14-;. The van der Waals surface area contributed by atoms with Gasteiger partial charge in [-0.05, 0) is 0 Å². The van der Waals surface area contributed by atoms with Crippen molar-refractivity contribution in [2.24, 2.45) is 12.2 Å². The van der Waals surface area contributed by atoms with E-state index in [1.165, 1.54) is 24.3 Å². The lowest BCUT2D eigenvalue weighted by Crippen LogP contribution is -2.73. The number of aromatic nitrogens is 2. The summed E-state index contributed by atoms with van der Waals surface area (Å²) in [4.78, 5) is 48.5. The summed E-state index contributed by atoms with van der Waals surface area (Å²) in [5.74, 6) is -2.11. The molecule has 2 atom stereocenters. The third-order valence-electron chi connectivity index (χ3n) is 5.12. The first-order valence-corrected chi connectivity index (χ1v) is 13.8. The number of aryl methyl sites for hydroxylation is 1. The molecule has 2 aromatic heterocycles. The minimum Gasteiger partial charge on any atom is -0.726 e. The number of carbonyl (C=O) groups is 3. The van der Waals surface area contributed by atoms with Gasteiger partial charge in [0, 0.05) is 22.4 Å². The van der Waals surface area contributed by atoms with Crippen LogP contribution in [0.15, 0.2) is 51.4 Å². The second-order valence-corrected chi connectivity index (χ2v) is 10.5. The lowest BCUT2D eigenvalue weighted by atomic mass is 9.92. The van der Waals surface area contributed by atoms with Gasteiger partial charge in [0.25, 0.3) is 11.8 Å². The van der Waals surface area contributed by atoms with Crippen molar-refractivity contribution in [1.82, 2.24) is 15.2 Å². The van der Waals surface area contributed by atoms with E-state index < -0.39 is 40.3 Å². The molecule has 0 spiro atoms. The largest absolute Gasteiger partial charge is 0.726 e. The van der Waals surface area contributed by atoms with Gasteiger partial charge in [0.1, 0.15) is 44.3 Å². The molecule has 19 heteroatoms. The molecule has 0 radical (unpaired) electrons. The summed E-state index contributed by atoms with van der Waals surface area (Å²) in [6, 6.07) is 2.14. The molecule has 2 aliphatic rings. The Labute approximate surface area is 229 Å². The molecule has 0 aromatic carbocycles. The number of β-lactam (4-membered cyclic amide) rings is 1. The Morgan fingerprint density at radius 2 is 2.08 bits per heavy atom. The minimum atomic E-state index is -4.92. The van der Waals surface area contributed by atoms with Crippen LogP contribution < -0.4 is 15.6 Å². The van der Waals surface area contributed by atoms with E-state index >= 15 is 0 Å². The number of nitrogens with zero attached hydrogens (tertiary/aromatic N) is 4. The van der Waals surface area contributed by atoms with Crippen LogP contribution in [0.2, 0.25) is 0 Å². The number of aliphatic carboxylic acids is 1. The lowest BCUT2D eigenvalue weighted by Gasteiger charge is -2.49. The van der Waals surface area contributed by atoms with Crippen molar-refractivity contribution < 1.29 is 51.2 Å². The maximum absolute atomic E-state index is 12.9. The zero-order valence-corrected chi connectivity index (χ0v) is 22.7. The minimum absolute atomic E-state index is 0.0352. The third kappa shape index (κ3) is 7.63. The molecule has 5 N–H and O–H groups in total. The number of anilines is 1. The van der Waals surface area contributed by atoms with Gasteiger partial charge in [-0.1, -0.05) is 5.16 Å². The molecule has 4 rings (SSSR count). The molecule has 2 unspecified atom stereocenters. The van der Waals surface area contributed by atoms with E-state index in [1.54, 1.807) is 0 Å². The smallest absolute Gasteiger partial charge is 0.356 e. The van der Waals surface area contributed by atoms with Gasteiger partial charge in [0.15, 0.2) is 28.9 Å². The van der Waals surface area contributed by atoms with Crippen LogP contribution in [0.25, 0.3) is 0 Å². The number of hydrogen-bond donors (Lipinski definition) is 4. The molecule has 16 nitrogen and oxygen atoms in total. The van der Waals surface area contributed by atoms with Crippen LogP contribution >= 0.6 is 23.1 Å². The lowest BCUT2D eigenvalue weighted by molar-refractivity contribution is -0.671. The molecule has 0 saturated carbocycles. The van der Waals surface area contributed by atoms with Crippen molar-refractivity contribution in [2.75, 3.05) is 25.2 Å². The van der Waals surface area contributed by atoms with E-state index in [2.05, 4.69) is 15.5 Å². The summed E-state index contributed by atoms with van der Waals surface area (Å²) in [7, 11) is -1.75. The molecular formula is C20H22N6O10S3. The number of fused-ring (bicyclic) bond motifs is 1. The van der Waals surface area contributed by atoms with Crippen LogP contribution in [0, 0.1) is 0 Å². The molecule has 1 fully saturated rings. The van der Waals surface area contributed by atoms with Gasteiger partial charge in [0.2, 0.25) is 10.4 Å². The SMILES string of the molecule is CO/N=C(\C(=O)NC1C(=O)N2C(C(=O)O)=C(CSc3cc[n+](C)cc3)OCC12)c1csc(N)n1.O=S(=O)([O-])O. The predicted octanol–water partition coefficient (Wildman–Crippen LogP) is -1.28. The number of thiazole rings is 1. The Kier molecular flexibility index (Phi) is 9.45. The number of carbonyl (C=O) groups excluding carboxylic acids is 2. The number of nitrogen functional groups attached to an aromatic ring is 1. The number of nitrogens with two attached hydrogens (primary N) is 1. The van der Waals surface area contributed by atoms with Gasteiger partial charge < -0.3 is 30.3 Å². The summed E-state index contributed by atoms with van der Waals surface area (Å²) < 4.78 is 40.4. The van der Waals surface area contributed by atoms with Crippen LogP contribution in [0.5, 0.6) is 0 Å². The highest BCUT2D eigenvalue weighted by Gasteiger charge is 2.55. The van der Waals surface area contributed by atoms with Gasteiger partial charge >= 0.3 is 5.97 Å². The van der Waals surface area contributed by atoms with Crippen molar-refractivity contribution >= 4 is 62.1 Å². The molecule has 0 bridgehead atoms. The van der Waals surface area contributed by atoms with Crippen LogP contribution in [0.1, 0.15) is 5.69 Å². The van der Waals surface area contributed by atoms with E-state index in [1.807, 2.05) is 36.1 Å². The Morgan fingerprint density at radius 3 is 2.62 bits per heavy atom. The molecule has 2 aliphatic heterocycles. The first-order valence-electron chi connectivity index (χ1n) is 10.6. The van der Waals surface area contributed by atoms with Crippen molar-refractivity contribution in [2.45, 2.75) is 17.0 Å². The number of rotatable bonds is 8. The fourth-order valence-electron chi connectivity index (χ4n) is 3.50. The van der Waals surface area contributed by atoms with E-state index in [0.717, 1.165) is 21.1 Å². The summed E-state index contributed by atoms with van der Waals surface area (Å²) in [5.41, 5.74) is 5.45. The number of pyridine rings is 1. The van der Waals surface area contributed by atoms with Crippen LogP contribution in [-0.2, 0) is 41.4 Å². The highest BCUT2D eigenvalue weighted by molar-refractivity contribution is 7.99. The van der Waals surface area contributed by atoms with E-state index in [9.17, 15) is 19.5 Å². The topological polar surface area (TPSA) is 238 Å². The van der Waals surface area contributed by atoms with E-state index in [4.69, 9.17) is 32.8 Å². The number of nitrogens with one attached hydrogen (secondary N) is 1. The summed E-state index contributed by atoms with van der Waals surface area (Å²) in [5, 5.41) is 17.8. The Balaban J connectivity index is 0.000000771. The maximum atomic E-state index is 12.9. The number of carboxylic acid groups (broad SMARTS) is 1. The third-order valence-corrected chi connectivity index (χ3v) is 6.81. The summed E-state index contributed by atoms with van der Waals surface area (Å²) in [6.45, 7) is 0.0352. The molecule has 2 aromatic rings. The van der Waals surface area contributed by atoms with Crippen LogP contribution in [0.3, 0.4) is 0 Å². The van der Waals surface area contributed by atoms with Gasteiger partial charge in [-0.25, -0.2) is 22.8 Å². The van der Waals surface area contributed by atoms with Gasteiger partial charge in [-0.3, -0.25) is 19.0 Å². The molecule has 2 amide bonds. The zero-order valence-electron chi connectivity index (χ0n) is 20.2. The molecule has 39 heavy (non-hydrogen) atoms. The molecule has 210 valence electrons. The Bertz CT molecular complexity index is 1420. The Morgan fingerprint density at radius 1 is 1.44 bits per heavy atom. The molecule has 0 aliphatic carbocycles. The van der Waals surface area contributed by atoms with Crippen LogP contribution in [-0.4, -0.2) is 87.6 Å². The second kappa shape index (κ2) is 12.4. The van der Waals surface area contributed by atoms with E-state index in [0.29, 0.717) is 0 Å². The van der Waals surface area contributed by atoms with Crippen molar-refractivity contribution in [3.63, 3.8) is 0 Å². The quantitative estimate of drug-likeness (QED) is 0.0524. The Hall–Kier alpha value is -3.78. The first-order chi connectivity index (χ1) is 18.3. The van der Waals surface area contributed by atoms with Crippen molar-refractivity contribution in [3.8, 4) is 0 Å². The first kappa shape index (κ1) is 29.8. The van der Waals surface area contributed by atoms with Gasteiger partial charge in [-0.15, -0.1) is 23.1 Å². The number of carboxylic acids is 1. The summed E-state index contributed by atoms with van der Waals surface area (Å²) >= 11 is 2.51. The number of amides is 2.